The summed E-state index contributed by atoms with van der Waals surface area (Å²) in [7, 11) is -3.86. The first-order chi connectivity index (χ1) is 22.4. The number of aryl methyl sites for hydroxylation is 1. The summed E-state index contributed by atoms with van der Waals surface area (Å²) in [6.07, 6.45) is 0.788. The number of benzene rings is 2. The van der Waals surface area contributed by atoms with Gasteiger partial charge in [0.05, 0.1) is 24.2 Å². The summed E-state index contributed by atoms with van der Waals surface area (Å²) < 4.78 is 71.4. The molecule has 1 heterocycles. The minimum absolute atomic E-state index is 0.0404. The summed E-state index contributed by atoms with van der Waals surface area (Å²) >= 11 is 0. The zero-order valence-corrected chi connectivity index (χ0v) is 28.3. The highest BCUT2D eigenvalue weighted by molar-refractivity contribution is 7.92. The highest BCUT2D eigenvalue weighted by Crippen LogP contribution is 2.19. The van der Waals surface area contributed by atoms with Gasteiger partial charge < -0.3 is 30.6 Å². The largest absolute Gasteiger partial charge is 0.458 e. The van der Waals surface area contributed by atoms with Crippen LogP contribution >= 0.6 is 0 Å². The number of esters is 1. The van der Waals surface area contributed by atoms with Crippen molar-refractivity contribution in [3.63, 3.8) is 0 Å². The van der Waals surface area contributed by atoms with Crippen molar-refractivity contribution in [3.8, 4) is 0 Å². The summed E-state index contributed by atoms with van der Waals surface area (Å²) in [6.45, 7) is 6.86. The molecule has 47 heavy (non-hydrogen) atoms. The van der Waals surface area contributed by atoms with Gasteiger partial charge >= 0.3 is 12.1 Å². The summed E-state index contributed by atoms with van der Waals surface area (Å²) in [5.74, 6) is -3.25. The van der Waals surface area contributed by atoms with Gasteiger partial charge in [-0.25, -0.2) is 26.8 Å². The minimum atomic E-state index is -3.86. The molecule has 262 valence electrons. The second kappa shape index (κ2) is 19.0. The number of nitrogens with one attached hydrogen (secondary N) is 2. The van der Waals surface area contributed by atoms with Gasteiger partial charge in [-0.05, 0) is 54.5 Å². The fourth-order valence-electron chi connectivity index (χ4n) is 5.58. The molecule has 0 saturated carbocycles. The highest BCUT2D eigenvalue weighted by atomic mass is 32.2. The van der Waals surface area contributed by atoms with Crippen molar-refractivity contribution in [1.29, 1.82) is 0 Å². The lowest BCUT2D eigenvalue weighted by molar-refractivity contribution is -0.151. The van der Waals surface area contributed by atoms with Crippen molar-refractivity contribution in [2.75, 3.05) is 25.5 Å². The highest BCUT2D eigenvalue weighted by Gasteiger charge is 2.36. The lowest BCUT2D eigenvalue weighted by atomic mass is 10.0. The maximum absolute atomic E-state index is 14.0. The molecule has 10 nitrogen and oxygen atoms in total. The molecule has 1 aliphatic heterocycles. The van der Waals surface area contributed by atoms with Gasteiger partial charge in [-0.2, -0.15) is 0 Å². The Balaban J connectivity index is 1.84. The van der Waals surface area contributed by atoms with Gasteiger partial charge in [-0.1, -0.05) is 57.9 Å². The first-order valence-corrected chi connectivity index (χ1v) is 18.1. The van der Waals surface area contributed by atoms with Gasteiger partial charge in [0.2, 0.25) is 0 Å². The Morgan fingerprint density at radius 2 is 1.70 bits per heavy atom. The Hall–Kier alpha value is -3.13. The molecule has 1 aliphatic rings. The van der Waals surface area contributed by atoms with Crippen LogP contribution in [0, 0.1) is 11.6 Å². The number of alkyl carbamates (subject to hydrolysis) is 1. The molecule has 2 aromatic rings. The molecule has 3 rings (SSSR count). The van der Waals surface area contributed by atoms with Crippen LogP contribution in [0.15, 0.2) is 42.5 Å². The van der Waals surface area contributed by atoms with E-state index < -0.39 is 68.8 Å². The zero-order valence-electron chi connectivity index (χ0n) is 27.5. The van der Waals surface area contributed by atoms with Crippen molar-refractivity contribution in [2.24, 2.45) is 5.73 Å². The van der Waals surface area contributed by atoms with E-state index in [0.29, 0.717) is 45.3 Å². The monoisotopic (exact) mass is 681 g/mol. The lowest BCUT2D eigenvalue weighted by Gasteiger charge is -2.28. The molecule has 0 radical (unpaired) electrons. The first-order valence-electron chi connectivity index (χ1n) is 16.4. The molecule has 1 saturated heterocycles. The number of carbonyl (C=O) groups excluding carboxylic acids is 2. The molecule has 0 spiro atoms. The average molecular weight is 682 g/mol. The number of carbonyl (C=O) groups is 2. The van der Waals surface area contributed by atoms with Crippen LogP contribution < -0.4 is 16.4 Å². The van der Waals surface area contributed by atoms with E-state index in [2.05, 4.69) is 10.6 Å². The average Bonchev–Trinajstić information content (AvgIpc) is 3.52. The van der Waals surface area contributed by atoms with Gasteiger partial charge in [0.25, 0.3) is 0 Å². The van der Waals surface area contributed by atoms with Crippen molar-refractivity contribution in [1.82, 2.24) is 10.6 Å². The Kier molecular flexibility index (Phi) is 15.5. The van der Waals surface area contributed by atoms with Crippen molar-refractivity contribution >= 4 is 21.9 Å². The first kappa shape index (κ1) is 38.3. The summed E-state index contributed by atoms with van der Waals surface area (Å²) in [5.41, 5.74) is 8.87. The maximum Gasteiger partial charge on any atom is 0.408 e. The smallest absolute Gasteiger partial charge is 0.408 e. The summed E-state index contributed by atoms with van der Waals surface area (Å²) in [5, 5.41) is 4.94. The molecular weight excluding hydrogens is 632 g/mol. The van der Waals surface area contributed by atoms with Gasteiger partial charge in [0.1, 0.15) is 29.9 Å². The summed E-state index contributed by atoms with van der Waals surface area (Å²) in [6, 6.07) is 8.44. The molecule has 13 heteroatoms. The number of nitrogens with two attached hydrogens (primary N) is 1. The molecule has 0 aromatic heterocycles. The van der Waals surface area contributed by atoms with E-state index in [1.807, 2.05) is 45.0 Å². The van der Waals surface area contributed by atoms with Gasteiger partial charge in [-0.3, -0.25) is 0 Å². The van der Waals surface area contributed by atoms with Crippen molar-refractivity contribution < 1.29 is 41.0 Å². The Bertz CT molecular complexity index is 1380. The number of amides is 1. The van der Waals surface area contributed by atoms with E-state index in [0.717, 1.165) is 35.7 Å². The topological polar surface area (TPSA) is 146 Å². The number of sulfone groups is 1. The quantitative estimate of drug-likeness (QED) is 0.184. The van der Waals surface area contributed by atoms with Crippen molar-refractivity contribution in [3.05, 3.63) is 70.8 Å². The minimum Gasteiger partial charge on any atom is -0.458 e. The third-order valence-corrected chi connectivity index (χ3v) is 10.4. The van der Waals surface area contributed by atoms with E-state index in [-0.39, 0.29) is 25.1 Å². The van der Waals surface area contributed by atoms with Gasteiger partial charge in [-0.15, -0.1) is 0 Å². The number of hydrogen-bond acceptors (Lipinski definition) is 9. The number of rotatable bonds is 19. The maximum atomic E-state index is 14.0. The van der Waals surface area contributed by atoms with E-state index in [1.54, 1.807) is 0 Å². The van der Waals surface area contributed by atoms with E-state index >= 15 is 0 Å². The molecule has 1 amide bonds. The lowest BCUT2D eigenvalue weighted by Crippen LogP contribution is -2.52. The van der Waals surface area contributed by atoms with Gasteiger partial charge in [0, 0.05) is 31.6 Å². The van der Waals surface area contributed by atoms with Crippen LogP contribution in [-0.2, 0) is 48.2 Å². The number of halogens is 2. The predicted octanol–water partition coefficient (Wildman–Crippen LogP) is 4.37. The second-order valence-corrected chi connectivity index (χ2v) is 14.4. The van der Waals surface area contributed by atoms with E-state index in [9.17, 15) is 26.8 Å². The van der Waals surface area contributed by atoms with Crippen LogP contribution in [0.1, 0.15) is 69.6 Å². The van der Waals surface area contributed by atoms with E-state index in [1.165, 1.54) is 0 Å². The third-order valence-electron chi connectivity index (χ3n) is 8.08. The Labute approximate surface area is 277 Å². The second-order valence-electron chi connectivity index (χ2n) is 12.0. The molecule has 0 bridgehead atoms. The molecule has 4 atom stereocenters. The molecule has 0 unspecified atom stereocenters. The number of ether oxygens (including phenoxy) is 3. The molecule has 4 N–H and O–H groups in total. The normalized spacial score (nSPS) is 16.9. The van der Waals surface area contributed by atoms with Crippen LogP contribution in [0.25, 0.3) is 0 Å². The fraction of sp³-hybridized carbons (Fsp3) is 0.588. The fourth-order valence-corrected chi connectivity index (χ4v) is 7.73. The predicted molar refractivity (Wildman–Crippen MR) is 175 cm³/mol. The standard InChI is InChI=1S/C34H49F2N3O7S/c1-4-8-29(9-5-2)47(42,43)22-31(39-34(41)45-28-12-13-44-21-28)33(40)46-32(20-38-19-24-11-7-10-23(6-3)14-24)30(37)17-25-15-26(35)18-27(36)16-25/h7,10-11,14-16,18,28-32,38H,4-6,8-9,12-13,17,19-22,37H2,1-3H3,(H,39,41)/t28-,30-,31+,32+/m0/s1. The molecule has 0 aliphatic carbocycles. The Morgan fingerprint density at radius 3 is 2.32 bits per heavy atom. The van der Waals surface area contributed by atoms with E-state index in [4.69, 9.17) is 19.9 Å². The molecule has 1 fully saturated rings. The van der Waals surface area contributed by atoms with Crippen LogP contribution in [0.4, 0.5) is 13.6 Å². The third kappa shape index (κ3) is 12.8. The molecular formula is C34H49F2N3O7S. The molecule has 2 aromatic carbocycles. The zero-order chi connectivity index (χ0) is 34.4. The van der Waals surface area contributed by atoms with Crippen LogP contribution in [0.2, 0.25) is 0 Å². The SMILES string of the molecule is CCCC(CCC)S(=O)(=O)C[C@@H](NC(=O)O[C@H]1CCOC1)C(=O)O[C@H](CNCc1cccc(CC)c1)[C@@H](N)Cc1cc(F)cc(F)c1. The van der Waals surface area contributed by atoms with Crippen LogP contribution in [0.3, 0.4) is 0 Å². The van der Waals surface area contributed by atoms with Crippen LogP contribution in [-0.4, -0.2) is 75.5 Å². The summed E-state index contributed by atoms with van der Waals surface area (Å²) in [4.78, 5) is 26.6. The Morgan fingerprint density at radius 1 is 1.02 bits per heavy atom. The van der Waals surface area contributed by atoms with Crippen molar-refractivity contribution in [2.45, 2.75) is 102 Å². The number of hydrogen-bond donors (Lipinski definition) is 3. The van der Waals surface area contributed by atoms with Gasteiger partial charge in [0.15, 0.2) is 9.84 Å². The van der Waals surface area contributed by atoms with Crippen LogP contribution in [0.5, 0.6) is 0 Å².